The molecular formula is C36H46N2O6. The Bertz CT molecular complexity index is 1320. The highest BCUT2D eigenvalue weighted by Crippen LogP contribution is 2.25. The van der Waals surface area contributed by atoms with Crippen molar-refractivity contribution in [2.24, 2.45) is 11.8 Å². The first-order valence-electron chi connectivity index (χ1n) is 15.2. The third-order valence-corrected chi connectivity index (χ3v) is 7.41. The number of aliphatic hydroxyl groups excluding tert-OH is 1. The fraction of sp³-hybridized carbons (Fsp3) is 0.417. The van der Waals surface area contributed by atoms with Gasteiger partial charge in [0.25, 0.3) is 0 Å². The van der Waals surface area contributed by atoms with Crippen LogP contribution in [0.2, 0.25) is 0 Å². The molecule has 0 heterocycles. The number of benzene rings is 3. The lowest BCUT2D eigenvalue weighted by Crippen LogP contribution is -2.52. The largest absolute Gasteiger partial charge is 0.480 e. The quantitative estimate of drug-likeness (QED) is 0.213. The molecule has 0 aromatic heterocycles. The summed E-state index contributed by atoms with van der Waals surface area (Å²) in [7, 11) is 0. The third kappa shape index (κ3) is 10.8. The topological polar surface area (TPSA) is 116 Å². The number of nitrogens with one attached hydrogen (secondary N) is 1. The van der Waals surface area contributed by atoms with Crippen LogP contribution in [0.5, 0.6) is 0 Å². The average Bonchev–Trinajstić information content (AvgIpc) is 2.97. The highest BCUT2D eigenvalue weighted by Gasteiger charge is 2.36. The monoisotopic (exact) mass is 602 g/mol. The van der Waals surface area contributed by atoms with Gasteiger partial charge in [-0.25, -0.2) is 9.59 Å². The van der Waals surface area contributed by atoms with Crippen molar-refractivity contribution in [1.82, 2.24) is 10.2 Å². The molecule has 0 spiro atoms. The number of rotatable bonds is 14. The molecule has 0 aliphatic rings. The summed E-state index contributed by atoms with van der Waals surface area (Å²) in [5.74, 6) is -2.67. The predicted octanol–water partition coefficient (Wildman–Crippen LogP) is 5.87. The van der Waals surface area contributed by atoms with Gasteiger partial charge in [-0.3, -0.25) is 9.69 Å². The summed E-state index contributed by atoms with van der Waals surface area (Å²) < 4.78 is 5.83. The van der Waals surface area contributed by atoms with E-state index in [9.17, 15) is 24.6 Å². The molecule has 0 saturated heterocycles. The number of nitrogens with zero attached hydrogens (tertiary/aromatic N) is 1. The van der Waals surface area contributed by atoms with E-state index in [1.807, 2.05) is 91.0 Å². The Hall–Kier alpha value is -4.17. The van der Waals surface area contributed by atoms with Crippen LogP contribution < -0.4 is 5.32 Å². The zero-order valence-corrected chi connectivity index (χ0v) is 26.4. The van der Waals surface area contributed by atoms with E-state index in [-0.39, 0.29) is 25.3 Å². The van der Waals surface area contributed by atoms with Gasteiger partial charge >= 0.3 is 12.1 Å². The maximum Gasteiger partial charge on any atom is 0.410 e. The van der Waals surface area contributed by atoms with Crippen LogP contribution in [0.1, 0.15) is 57.7 Å². The zero-order chi connectivity index (χ0) is 32.3. The summed E-state index contributed by atoms with van der Waals surface area (Å²) in [5.41, 5.74) is 1.88. The maximum atomic E-state index is 13.8. The van der Waals surface area contributed by atoms with Gasteiger partial charge in [0.05, 0.1) is 12.1 Å². The van der Waals surface area contributed by atoms with Crippen molar-refractivity contribution in [3.63, 3.8) is 0 Å². The van der Waals surface area contributed by atoms with E-state index < -0.39 is 47.7 Å². The van der Waals surface area contributed by atoms with Crippen molar-refractivity contribution in [3.05, 3.63) is 108 Å². The third-order valence-electron chi connectivity index (χ3n) is 7.41. The average molecular weight is 603 g/mol. The summed E-state index contributed by atoms with van der Waals surface area (Å²) in [5, 5.41) is 24.4. The van der Waals surface area contributed by atoms with Gasteiger partial charge in [-0.05, 0) is 62.6 Å². The standard InChI is InChI=1S/C36H46N2O6/c1-25(2)32(34(41)42)37-33(40)29(21-26-15-9-6-10-16-26)23-31(39)30(22-27-17-11-7-12-18-27)38(35(43)44-36(3,4)5)24-28-19-13-8-14-20-28/h6-20,25,29-32,39H,21-24H2,1-5H3,(H,37,40)(H,41,42)/t29-,30+,31+,32?/m1/s1. The number of amides is 2. The van der Waals surface area contributed by atoms with Crippen LogP contribution in [-0.2, 0) is 33.7 Å². The van der Waals surface area contributed by atoms with E-state index in [4.69, 9.17) is 4.74 Å². The smallest absolute Gasteiger partial charge is 0.410 e. The number of carboxylic acids is 1. The molecule has 8 nitrogen and oxygen atoms in total. The Kier molecular flexibility index (Phi) is 12.5. The molecular weight excluding hydrogens is 556 g/mol. The summed E-state index contributed by atoms with van der Waals surface area (Å²) in [6.07, 6.45) is -1.12. The second kappa shape index (κ2) is 16.1. The van der Waals surface area contributed by atoms with Gasteiger partial charge in [0.15, 0.2) is 0 Å². The lowest BCUT2D eigenvalue weighted by molar-refractivity contribution is -0.144. The molecule has 0 fully saturated rings. The Morgan fingerprint density at radius 3 is 1.73 bits per heavy atom. The molecule has 3 aromatic carbocycles. The lowest BCUT2D eigenvalue weighted by Gasteiger charge is -2.37. The molecule has 1 unspecified atom stereocenters. The minimum atomic E-state index is -1.15. The molecule has 44 heavy (non-hydrogen) atoms. The lowest BCUT2D eigenvalue weighted by atomic mass is 9.87. The fourth-order valence-corrected chi connectivity index (χ4v) is 5.14. The number of carboxylic acid groups (broad SMARTS) is 1. The molecule has 2 amide bonds. The number of carbonyl (C=O) groups excluding carboxylic acids is 2. The Labute approximate surface area is 261 Å². The molecule has 8 heteroatoms. The molecule has 3 rings (SSSR count). The van der Waals surface area contributed by atoms with Crippen molar-refractivity contribution in [2.75, 3.05) is 0 Å². The first-order chi connectivity index (χ1) is 20.8. The second-order valence-corrected chi connectivity index (χ2v) is 12.6. The number of carbonyl (C=O) groups is 3. The minimum absolute atomic E-state index is 0.00322. The van der Waals surface area contributed by atoms with Gasteiger partial charge < -0.3 is 20.3 Å². The maximum absolute atomic E-state index is 13.8. The van der Waals surface area contributed by atoms with Gasteiger partial charge in [0.2, 0.25) is 5.91 Å². The SMILES string of the molecule is CC(C)C(NC(=O)[C@H](Cc1ccccc1)C[C@H](O)[C@H](Cc1ccccc1)N(Cc1ccccc1)C(=O)OC(C)(C)C)C(=O)O. The van der Waals surface area contributed by atoms with Gasteiger partial charge in [-0.15, -0.1) is 0 Å². The Morgan fingerprint density at radius 1 is 0.795 bits per heavy atom. The van der Waals surface area contributed by atoms with Gasteiger partial charge in [-0.1, -0.05) is 105 Å². The number of aliphatic hydroxyl groups is 1. The first kappa shape index (κ1) is 34.3. The first-order valence-corrected chi connectivity index (χ1v) is 15.2. The number of aliphatic carboxylic acids is 1. The van der Waals surface area contributed by atoms with E-state index >= 15 is 0 Å². The summed E-state index contributed by atoms with van der Waals surface area (Å²) in [6.45, 7) is 9.04. The minimum Gasteiger partial charge on any atom is -0.480 e. The van der Waals surface area contributed by atoms with E-state index in [2.05, 4.69) is 5.32 Å². The van der Waals surface area contributed by atoms with Crippen molar-refractivity contribution in [3.8, 4) is 0 Å². The van der Waals surface area contributed by atoms with Crippen molar-refractivity contribution < 1.29 is 29.3 Å². The van der Waals surface area contributed by atoms with E-state index in [1.165, 1.54) is 0 Å². The molecule has 0 aliphatic carbocycles. The molecule has 0 radical (unpaired) electrons. The number of hydrogen-bond donors (Lipinski definition) is 3. The summed E-state index contributed by atoms with van der Waals surface area (Å²) >= 11 is 0. The van der Waals surface area contributed by atoms with Crippen molar-refractivity contribution >= 4 is 18.0 Å². The van der Waals surface area contributed by atoms with Gasteiger partial charge in [-0.2, -0.15) is 0 Å². The van der Waals surface area contributed by atoms with E-state index in [0.717, 1.165) is 16.7 Å². The van der Waals surface area contributed by atoms with E-state index in [1.54, 1.807) is 39.5 Å². The highest BCUT2D eigenvalue weighted by atomic mass is 16.6. The van der Waals surface area contributed by atoms with Crippen LogP contribution in [0.15, 0.2) is 91.0 Å². The van der Waals surface area contributed by atoms with Crippen LogP contribution >= 0.6 is 0 Å². The normalized spacial score (nSPS) is 14.2. The van der Waals surface area contributed by atoms with Crippen LogP contribution in [-0.4, -0.2) is 56.9 Å². The number of ether oxygens (including phenoxy) is 1. The molecule has 4 atom stereocenters. The van der Waals surface area contributed by atoms with Gasteiger partial charge in [0, 0.05) is 12.5 Å². The fourth-order valence-electron chi connectivity index (χ4n) is 5.14. The molecule has 236 valence electrons. The van der Waals surface area contributed by atoms with Crippen LogP contribution in [0.4, 0.5) is 4.79 Å². The van der Waals surface area contributed by atoms with Crippen LogP contribution in [0.25, 0.3) is 0 Å². The Balaban J connectivity index is 2.01. The highest BCUT2D eigenvalue weighted by molar-refractivity contribution is 5.85. The molecule has 0 bridgehead atoms. The zero-order valence-electron chi connectivity index (χ0n) is 26.4. The number of hydrogen-bond acceptors (Lipinski definition) is 5. The van der Waals surface area contributed by atoms with Crippen molar-refractivity contribution in [2.45, 2.75) is 84.2 Å². The summed E-state index contributed by atoms with van der Waals surface area (Å²) in [6, 6.07) is 26.7. The van der Waals surface area contributed by atoms with Crippen LogP contribution in [0, 0.1) is 11.8 Å². The Morgan fingerprint density at radius 2 is 1.27 bits per heavy atom. The van der Waals surface area contributed by atoms with E-state index in [0.29, 0.717) is 6.42 Å². The van der Waals surface area contributed by atoms with Crippen LogP contribution in [0.3, 0.4) is 0 Å². The van der Waals surface area contributed by atoms with Gasteiger partial charge in [0.1, 0.15) is 11.6 Å². The molecule has 0 aliphatic heterocycles. The molecule has 3 aromatic rings. The van der Waals surface area contributed by atoms with Crippen molar-refractivity contribution in [1.29, 1.82) is 0 Å². The summed E-state index contributed by atoms with van der Waals surface area (Å²) in [4.78, 5) is 40.9. The predicted molar refractivity (Wildman–Crippen MR) is 171 cm³/mol. The molecule has 0 saturated carbocycles. The second-order valence-electron chi connectivity index (χ2n) is 12.6. The molecule has 3 N–H and O–H groups in total.